The van der Waals surface area contributed by atoms with Crippen LogP contribution in [0.4, 0.5) is 10.1 Å². The topological polar surface area (TPSA) is 87.7 Å². The molecule has 0 aliphatic heterocycles. The first-order valence-electron chi connectivity index (χ1n) is 7.93. The number of halogens is 2. The van der Waals surface area contributed by atoms with Crippen LogP contribution in [0.3, 0.4) is 0 Å². The van der Waals surface area contributed by atoms with E-state index in [1.807, 2.05) is 0 Å². The van der Waals surface area contributed by atoms with Crippen LogP contribution in [0.5, 0.6) is 0 Å². The van der Waals surface area contributed by atoms with E-state index in [1.54, 1.807) is 24.3 Å². The van der Waals surface area contributed by atoms with E-state index in [4.69, 9.17) is 11.6 Å². The molecule has 1 saturated carbocycles. The number of H-pyrrole nitrogens is 1. The lowest BCUT2D eigenvalue weighted by molar-refractivity contribution is 0.600. The van der Waals surface area contributed by atoms with Gasteiger partial charge in [0.2, 0.25) is 0 Å². The van der Waals surface area contributed by atoms with Crippen molar-refractivity contribution in [3.05, 3.63) is 59.1 Å². The molecule has 1 aliphatic carbocycles. The summed E-state index contributed by atoms with van der Waals surface area (Å²) < 4.78 is 41.0. The summed E-state index contributed by atoms with van der Waals surface area (Å²) >= 11 is 5.89. The van der Waals surface area contributed by atoms with E-state index in [2.05, 4.69) is 19.9 Å². The van der Waals surface area contributed by atoms with Crippen molar-refractivity contribution in [2.75, 3.05) is 4.72 Å². The van der Waals surface area contributed by atoms with Crippen LogP contribution in [0.25, 0.3) is 11.4 Å². The molecule has 9 heteroatoms. The van der Waals surface area contributed by atoms with Crippen molar-refractivity contribution >= 4 is 27.3 Å². The Morgan fingerprint density at radius 2 is 1.96 bits per heavy atom. The Morgan fingerprint density at radius 3 is 2.69 bits per heavy atom. The number of nitrogens with zero attached hydrogens (tertiary/aromatic N) is 2. The van der Waals surface area contributed by atoms with E-state index in [0.29, 0.717) is 23.0 Å². The molecule has 26 heavy (non-hydrogen) atoms. The van der Waals surface area contributed by atoms with E-state index in [-0.39, 0.29) is 9.92 Å². The molecule has 1 aromatic heterocycles. The first-order chi connectivity index (χ1) is 12.4. The van der Waals surface area contributed by atoms with Crippen molar-refractivity contribution in [2.45, 2.75) is 23.7 Å². The second kappa shape index (κ2) is 6.37. The molecule has 1 heterocycles. The minimum Gasteiger partial charge on any atom is -0.279 e. The van der Waals surface area contributed by atoms with Gasteiger partial charge in [0.25, 0.3) is 10.0 Å². The quantitative estimate of drug-likeness (QED) is 0.688. The Kier molecular flexibility index (Phi) is 4.16. The average Bonchev–Trinajstić information content (AvgIpc) is 3.32. The summed E-state index contributed by atoms with van der Waals surface area (Å²) in [4.78, 5) is 4.25. The maximum absolute atomic E-state index is 13.2. The number of anilines is 1. The third kappa shape index (κ3) is 3.30. The standard InChI is InChI=1S/C17H14ClFN4O2S/c18-13-9-11(19)7-8-15(13)26(24,25)23-14-4-2-1-3-12(14)17-20-16(21-22-17)10-5-6-10/h1-4,7-10,23H,5-6H2,(H,20,21,22). The minimum atomic E-state index is -4.00. The predicted octanol–water partition coefficient (Wildman–Crippen LogP) is 3.94. The van der Waals surface area contributed by atoms with Gasteiger partial charge in [0.05, 0.1) is 10.7 Å². The van der Waals surface area contributed by atoms with Crippen LogP contribution in [0.1, 0.15) is 24.6 Å². The molecule has 134 valence electrons. The first-order valence-corrected chi connectivity index (χ1v) is 9.80. The Labute approximate surface area is 154 Å². The van der Waals surface area contributed by atoms with Gasteiger partial charge >= 0.3 is 0 Å². The fourth-order valence-corrected chi connectivity index (χ4v) is 4.21. The molecule has 2 aromatic carbocycles. The molecule has 0 spiro atoms. The van der Waals surface area contributed by atoms with Gasteiger partial charge in [0, 0.05) is 11.5 Å². The van der Waals surface area contributed by atoms with E-state index >= 15 is 0 Å². The molecule has 0 amide bonds. The highest BCUT2D eigenvalue weighted by molar-refractivity contribution is 7.92. The molecule has 2 N–H and O–H groups in total. The van der Waals surface area contributed by atoms with Gasteiger partial charge in [-0.1, -0.05) is 23.7 Å². The van der Waals surface area contributed by atoms with Gasteiger partial charge in [0.1, 0.15) is 16.5 Å². The molecule has 4 rings (SSSR count). The zero-order chi connectivity index (χ0) is 18.3. The molecule has 0 unspecified atom stereocenters. The zero-order valence-corrected chi connectivity index (χ0v) is 15.0. The van der Waals surface area contributed by atoms with Crippen LogP contribution in [-0.4, -0.2) is 23.6 Å². The van der Waals surface area contributed by atoms with Crippen molar-refractivity contribution in [3.63, 3.8) is 0 Å². The number of aromatic nitrogens is 3. The summed E-state index contributed by atoms with van der Waals surface area (Å²) in [6.07, 6.45) is 2.15. The van der Waals surface area contributed by atoms with Crippen LogP contribution in [0, 0.1) is 5.82 Å². The van der Waals surface area contributed by atoms with Gasteiger partial charge in [-0.3, -0.25) is 9.82 Å². The molecule has 6 nitrogen and oxygen atoms in total. The van der Waals surface area contributed by atoms with Crippen molar-refractivity contribution in [1.82, 2.24) is 15.2 Å². The Balaban J connectivity index is 1.69. The molecule has 3 aromatic rings. The number of nitrogens with one attached hydrogen (secondary N) is 2. The predicted molar refractivity (Wildman–Crippen MR) is 96.0 cm³/mol. The summed E-state index contributed by atoms with van der Waals surface area (Å²) in [5.74, 6) is 1.01. The summed E-state index contributed by atoms with van der Waals surface area (Å²) in [6, 6.07) is 9.93. The average molecular weight is 393 g/mol. The molecular weight excluding hydrogens is 379 g/mol. The van der Waals surface area contributed by atoms with Crippen LogP contribution >= 0.6 is 11.6 Å². The Bertz CT molecular complexity index is 1080. The lowest BCUT2D eigenvalue weighted by Gasteiger charge is -2.12. The van der Waals surface area contributed by atoms with E-state index in [9.17, 15) is 12.8 Å². The summed E-state index contributed by atoms with van der Waals surface area (Å²) in [5.41, 5.74) is 0.853. The normalized spacial score (nSPS) is 14.4. The van der Waals surface area contributed by atoms with Gasteiger partial charge in [-0.15, -0.1) is 0 Å². The lowest BCUT2D eigenvalue weighted by atomic mass is 10.2. The highest BCUT2D eigenvalue weighted by Crippen LogP contribution is 2.39. The Morgan fingerprint density at radius 1 is 1.19 bits per heavy atom. The highest BCUT2D eigenvalue weighted by Gasteiger charge is 2.28. The largest absolute Gasteiger partial charge is 0.279 e. The number of rotatable bonds is 5. The number of hydrogen-bond acceptors (Lipinski definition) is 4. The fourth-order valence-electron chi connectivity index (χ4n) is 2.59. The molecular formula is C17H14ClFN4O2S. The number of benzene rings is 2. The molecule has 0 saturated heterocycles. The number of para-hydroxylation sites is 1. The second-order valence-corrected chi connectivity index (χ2v) is 8.10. The maximum Gasteiger partial charge on any atom is 0.263 e. The monoisotopic (exact) mass is 392 g/mol. The zero-order valence-electron chi connectivity index (χ0n) is 13.4. The summed E-state index contributed by atoms with van der Waals surface area (Å²) in [7, 11) is -4.00. The van der Waals surface area contributed by atoms with Crippen LogP contribution in [0.15, 0.2) is 47.4 Å². The van der Waals surface area contributed by atoms with E-state index < -0.39 is 15.8 Å². The molecule has 1 fully saturated rings. The van der Waals surface area contributed by atoms with E-state index in [0.717, 1.165) is 36.9 Å². The first kappa shape index (κ1) is 17.0. The van der Waals surface area contributed by atoms with Crippen LogP contribution in [-0.2, 0) is 10.0 Å². The van der Waals surface area contributed by atoms with Gasteiger partial charge < -0.3 is 0 Å². The molecule has 0 bridgehead atoms. The van der Waals surface area contributed by atoms with Crippen molar-refractivity contribution in [2.24, 2.45) is 0 Å². The van der Waals surface area contributed by atoms with Gasteiger partial charge in [-0.2, -0.15) is 5.10 Å². The van der Waals surface area contributed by atoms with Crippen LogP contribution in [0.2, 0.25) is 5.02 Å². The lowest BCUT2D eigenvalue weighted by Crippen LogP contribution is -2.14. The fraction of sp³-hybridized carbons (Fsp3) is 0.176. The smallest absolute Gasteiger partial charge is 0.263 e. The maximum atomic E-state index is 13.2. The van der Waals surface area contributed by atoms with Crippen molar-refractivity contribution < 1.29 is 12.8 Å². The second-order valence-electron chi connectivity index (χ2n) is 6.04. The van der Waals surface area contributed by atoms with Gasteiger partial charge in [0.15, 0.2) is 5.82 Å². The highest BCUT2D eigenvalue weighted by atomic mass is 35.5. The minimum absolute atomic E-state index is 0.191. The number of hydrogen-bond donors (Lipinski definition) is 2. The van der Waals surface area contributed by atoms with Gasteiger partial charge in [-0.05, 0) is 43.2 Å². The van der Waals surface area contributed by atoms with Crippen LogP contribution < -0.4 is 4.72 Å². The Hall–Kier alpha value is -2.45. The molecule has 1 aliphatic rings. The summed E-state index contributed by atoms with van der Waals surface area (Å²) in [5, 5.41) is 6.90. The number of aromatic amines is 1. The van der Waals surface area contributed by atoms with Gasteiger partial charge in [-0.25, -0.2) is 17.8 Å². The third-order valence-electron chi connectivity index (χ3n) is 4.06. The van der Waals surface area contributed by atoms with E-state index in [1.165, 1.54) is 0 Å². The molecule has 0 atom stereocenters. The summed E-state index contributed by atoms with van der Waals surface area (Å²) in [6.45, 7) is 0. The SMILES string of the molecule is O=S(=O)(Nc1ccccc1-c1n[nH]c(C2CC2)n1)c1ccc(F)cc1Cl. The van der Waals surface area contributed by atoms with Crippen molar-refractivity contribution in [1.29, 1.82) is 0 Å². The number of sulfonamides is 1. The third-order valence-corrected chi connectivity index (χ3v) is 5.91. The van der Waals surface area contributed by atoms with Crippen molar-refractivity contribution in [3.8, 4) is 11.4 Å². The molecule has 0 radical (unpaired) electrons.